The van der Waals surface area contributed by atoms with Gasteiger partial charge in [-0.15, -0.1) is 0 Å². The molecule has 0 radical (unpaired) electrons. The van der Waals surface area contributed by atoms with E-state index in [0.717, 1.165) is 0 Å². The van der Waals surface area contributed by atoms with Gasteiger partial charge >= 0.3 is 5.97 Å². The van der Waals surface area contributed by atoms with E-state index in [9.17, 15) is 13.2 Å². The number of hydrogen-bond donors (Lipinski definition) is 1. The van der Waals surface area contributed by atoms with Crippen molar-refractivity contribution in [1.82, 2.24) is 4.31 Å². The number of sulfonamides is 1. The van der Waals surface area contributed by atoms with E-state index in [0.29, 0.717) is 13.0 Å². The van der Waals surface area contributed by atoms with E-state index in [2.05, 4.69) is 0 Å². The van der Waals surface area contributed by atoms with Crippen molar-refractivity contribution in [3.8, 4) is 0 Å². The maximum absolute atomic E-state index is 11.6. The van der Waals surface area contributed by atoms with E-state index in [1.165, 1.54) is 11.4 Å². The van der Waals surface area contributed by atoms with Crippen molar-refractivity contribution >= 4 is 16.0 Å². The molecular formula is C9H19NO5S. The van der Waals surface area contributed by atoms with Gasteiger partial charge in [0.1, 0.15) is 0 Å². The normalized spacial score (nSPS) is 11.9. The first-order valence-corrected chi connectivity index (χ1v) is 6.74. The van der Waals surface area contributed by atoms with Gasteiger partial charge in [0, 0.05) is 26.6 Å². The minimum absolute atomic E-state index is 0.0225. The molecule has 0 aromatic carbocycles. The summed E-state index contributed by atoms with van der Waals surface area (Å²) < 4.78 is 29.3. The highest BCUT2D eigenvalue weighted by atomic mass is 32.2. The first-order valence-electron chi connectivity index (χ1n) is 5.13. The van der Waals surface area contributed by atoms with Crippen LogP contribution in [0.4, 0.5) is 0 Å². The summed E-state index contributed by atoms with van der Waals surface area (Å²) in [5.74, 6) is -0.982. The van der Waals surface area contributed by atoms with Gasteiger partial charge in [0.2, 0.25) is 10.0 Å². The molecule has 96 valence electrons. The van der Waals surface area contributed by atoms with E-state index in [1.807, 2.05) is 0 Å². The quantitative estimate of drug-likeness (QED) is 0.591. The van der Waals surface area contributed by atoms with Crippen LogP contribution in [-0.2, 0) is 19.6 Å². The molecule has 0 unspecified atom stereocenters. The van der Waals surface area contributed by atoms with Gasteiger partial charge in [-0.2, -0.15) is 0 Å². The van der Waals surface area contributed by atoms with E-state index in [1.54, 1.807) is 6.92 Å². The number of carboxylic acids is 1. The highest BCUT2D eigenvalue weighted by Crippen LogP contribution is 2.01. The van der Waals surface area contributed by atoms with Gasteiger partial charge in [0.15, 0.2) is 0 Å². The first kappa shape index (κ1) is 15.3. The Kier molecular flexibility index (Phi) is 7.27. The molecule has 0 aliphatic rings. The van der Waals surface area contributed by atoms with E-state index in [4.69, 9.17) is 9.84 Å². The molecule has 0 rings (SSSR count). The fourth-order valence-electron chi connectivity index (χ4n) is 1.06. The van der Waals surface area contributed by atoms with Crippen LogP contribution in [0.2, 0.25) is 0 Å². The number of ether oxygens (including phenoxy) is 1. The van der Waals surface area contributed by atoms with Crippen LogP contribution < -0.4 is 0 Å². The molecule has 0 amide bonds. The van der Waals surface area contributed by atoms with Crippen molar-refractivity contribution in [3.05, 3.63) is 0 Å². The van der Waals surface area contributed by atoms with E-state index in [-0.39, 0.29) is 25.3 Å². The topological polar surface area (TPSA) is 83.9 Å². The maximum atomic E-state index is 11.6. The Hall–Kier alpha value is -0.660. The monoisotopic (exact) mass is 253 g/mol. The minimum Gasteiger partial charge on any atom is -0.481 e. The van der Waals surface area contributed by atoms with Crippen molar-refractivity contribution in [2.45, 2.75) is 19.8 Å². The molecule has 0 fully saturated rings. The van der Waals surface area contributed by atoms with Crippen LogP contribution in [0.1, 0.15) is 19.8 Å². The van der Waals surface area contributed by atoms with Gasteiger partial charge < -0.3 is 9.84 Å². The van der Waals surface area contributed by atoms with Gasteiger partial charge in [0.05, 0.1) is 12.4 Å². The molecule has 6 nitrogen and oxygen atoms in total. The highest BCUT2D eigenvalue weighted by Gasteiger charge is 2.17. The van der Waals surface area contributed by atoms with Gasteiger partial charge in [-0.1, -0.05) is 0 Å². The molecule has 0 aliphatic heterocycles. The predicted octanol–water partition coefficient (Wildman–Crippen LogP) is 0.149. The molecule has 0 saturated carbocycles. The standard InChI is InChI=1S/C9H19NO5S/c1-3-15-7-8-16(13,14)10(2)6-4-5-9(11)12/h3-8H2,1-2H3,(H,11,12). The summed E-state index contributed by atoms with van der Waals surface area (Å²) >= 11 is 0. The van der Waals surface area contributed by atoms with Gasteiger partial charge in [-0.05, 0) is 13.3 Å². The van der Waals surface area contributed by atoms with Gasteiger partial charge in [0.25, 0.3) is 0 Å². The molecule has 0 atom stereocenters. The van der Waals surface area contributed by atoms with Crippen LogP contribution in [0.15, 0.2) is 0 Å². The highest BCUT2D eigenvalue weighted by molar-refractivity contribution is 7.89. The Balaban J connectivity index is 3.94. The zero-order valence-electron chi connectivity index (χ0n) is 9.68. The fourth-order valence-corrected chi connectivity index (χ4v) is 2.10. The third kappa shape index (κ3) is 6.76. The van der Waals surface area contributed by atoms with E-state index < -0.39 is 16.0 Å². The summed E-state index contributed by atoms with van der Waals surface area (Å²) in [4.78, 5) is 10.3. The smallest absolute Gasteiger partial charge is 0.303 e. The number of hydrogen-bond acceptors (Lipinski definition) is 4. The summed E-state index contributed by atoms with van der Waals surface area (Å²) in [5, 5.41) is 8.41. The fraction of sp³-hybridized carbons (Fsp3) is 0.889. The van der Waals surface area contributed by atoms with Crippen LogP contribution in [0.3, 0.4) is 0 Å². The number of aliphatic carboxylic acids is 1. The second-order valence-corrected chi connectivity index (χ2v) is 5.53. The lowest BCUT2D eigenvalue weighted by Crippen LogP contribution is -2.32. The third-order valence-electron chi connectivity index (χ3n) is 2.03. The minimum atomic E-state index is -3.32. The number of nitrogens with zero attached hydrogens (tertiary/aromatic N) is 1. The lowest BCUT2D eigenvalue weighted by Gasteiger charge is -2.16. The molecule has 0 aliphatic carbocycles. The zero-order valence-corrected chi connectivity index (χ0v) is 10.5. The van der Waals surface area contributed by atoms with Crippen LogP contribution >= 0.6 is 0 Å². The molecule has 0 spiro atoms. The molecule has 0 aromatic rings. The van der Waals surface area contributed by atoms with Gasteiger partial charge in [-0.3, -0.25) is 4.79 Å². The van der Waals surface area contributed by atoms with Gasteiger partial charge in [-0.25, -0.2) is 12.7 Å². The largest absolute Gasteiger partial charge is 0.481 e. The molecule has 0 bridgehead atoms. The summed E-state index contributed by atoms with van der Waals surface area (Å²) in [6.45, 7) is 2.67. The van der Waals surface area contributed by atoms with Crippen molar-refractivity contribution in [1.29, 1.82) is 0 Å². The zero-order chi connectivity index (χ0) is 12.6. The lowest BCUT2D eigenvalue weighted by atomic mass is 10.3. The third-order valence-corrected chi connectivity index (χ3v) is 3.84. The lowest BCUT2D eigenvalue weighted by molar-refractivity contribution is -0.137. The van der Waals surface area contributed by atoms with Crippen molar-refractivity contribution in [2.24, 2.45) is 0 Å². The Morgan fingerprint density at radius 1 is 1.44 bits per heavy atom. The summed E-state index contributed by atoms with van der Waals surface area (Å²) in [6.07, 6.45) is 0.297. The molecule has 0 saturated heterocycles. The SMILES string of the molecule is CCOCCS(=O)(=O)N(C)CCCC(=O)O. The first-order chi connectivity index (χ1) is 7.40. The molecule has 0 aromatic heterocycles. The summed E-state index contributed by atoms with van der Waals surface area (Å²) in [5.41, 5.74) is 0. The Morgan fingerprint density at radius 2 is 2.06 bits per heavy atom. The Morgan fingerprint density at radius 3 is 2.56 bits per heavy atom. The van der Waals surface area contributed by atoms with E-state index >= 15 is 0 Å². The second kappa shape index (κ2) is 7.59. The van der Waals surface area contributed by atoms with Crippen LogP contribution in [-0.4, -0.2) is 56.4 Å². The average molecular weight is 253 g/mol. The number of carboxylic acid groups (broad SMARTS) is 1. The molecular weight excluding hydrogens is 234 g/mol. The maximum Gasteiger partial charge on any atom is 0.303 e. The second-order valence-electron chi connectivity index (χ2n) is 3.33. The van der Waals surface area contributed by atoms with Crippen LogP contribution in [0.5, 0.6) is 0 Å². The Bertz CT molecular complexity index is 301. The molecule has 0 heterocycles. The molecule has 16 heavy (non-hydrogen) atoms. The summed E-state index contributed by atoms with van der Waals surface area (Å²) in [6, 6.07) is 0. The van der Waals surface area contributed by atoms with Crippen molar-refractivity contribution < 1.29 is 23.1 Å². The van der Waals surface area contributed by atoms with Crippen LogP contribution in [0, 0.1) is 0 Å². The summed E-state index contributed by atoms with van der Waals surface area (Å²) in [7, 11) is -1.87. The Labute approximate surface area is 96.2 Å². The molecule has 1 N–H and O–H groups in total. The number of carbonyl (C=O) groups is 1. The average Bonchev–Trinajstić information content (AvgIpc) is 2.17. The predicted molar refractivity (Wildman–Crippen MR) is 59.8 cm³/mol. The van der Waals surface area contributed by atoms with Crippen LogP contribution in [0.25, 0.3) is 0 Å². The molecule has 7 heteroatoms. The number of rotatable bonds is 9. The van der Waals surface area contributed by atoms with Crippen molar-refractivity contribution in [3.63, 3.8) is 0 Å². The van der Waals surface area contributed by atoms with Crippen molar-refractivity contribution in [2.75, 3.05) is 32.6 Å².